The first-order valence-corrected chi connectivity index (χ1v) is 7.37. The highest BCUT2D eigenvalue weighted by Crippen LogP contribution is 2.39. The van der Waals surface area contributed by atoms with Crippen LogP contribution in [-0.2, 0) is 6.42 Å². The van der Waals surface area contributed by atoms with Crippen molar-refractivity contribution >= 4 is 0 Å². The van der Waals surface area contributed by atoms with Gasteiger partial charge in [-0.1, -0.05) is 6.07 Å². The first-order chi connectivity index (χ1) is 11.5. The molecule has 2 N–H and O–H groups in total. The minimum absolute atomic E-state index is 0.0289. The van der Waals surface area contributed by atoms with E-state index in [1.807, 2.05) is 0 Å². The van der Waals surface area contributed by atoms with E-state index in [9.17, 15) is 10.2 Å². The number of aliphatic hydroxyl groups excluding tert-OH is 1. The molecule has 130 valence electrons. The van der Waals surface area contributed by atoms with Gasteiger partial charge in [0.1, 0.15) is 0 Å². The predicted molar refractivity (Wildman–Crippen MR) is 89.4 cm³/mol. The Balaban J connectivity index is 2.30. The summed E-state index contributed by atoms with van der Waals surface area (Å²) in [6, 6.07) is 8.34. The molecule has 0 fully saturated rings. The van der Waals surface area contributed by atoms with Crippen molar-refractivity contribution in [3.63, 3.8) is 0 Å². The fraction of sp³-hybridized carbons (Fsp3) is 0.333. The van der Waals surface area contributed by atoms with Gasteiger partial charge in [0, 0.05) is 6.42 Å². The topological polar surface area (TPSA) is 77.4 Å². The number of hydrogen-bond acceptors (Lipinski definition) is 6. The lowest BCUT2D eigenvalue weighted by molar-refractivity contribution is 0.177. The normalized spacial score (nSPS) is 11.7. The molecular formula is C18H22O6. The van der Waals surface area contributed by atoms with E-state index in [2.05, 4.69) is 0 Å². The molecule has 0 aromatic heterocycles. The van der Waals surface area contributed by atoms with Crippen LogP contribution in [0.2, 0.25) is 0 Å². The molecule has 2 aromatic rings. The highest BCUT2D eigenvalue weighted by Gasteiger charge is 2.17. The quantitative estimate of drug-likeness (QED) is 0.811. The highest BCUT2D eigenvalue weighted by atomic mass is 16.5. The molecule has 6 nitrogen and oxygen atoms in total. The van der Waals surface area contributed by atoms with E-state index >= 15 is 0 Å². The molecule has 0 aliphatic rings. The smallest absolute Gasteiger partial charge is 0.203 e. The van der Waals surface area contributed by atoms with Crippen LogP contribution in [0.3, 0.4) is 0 Å². The van der Waals surface area contributed by atoms with Crippen molar-refractivity contribution in [2.45, 2.75) is 12.5 Å². The van der Waals surface area contributed by atoms with Gasteiger partial charge in [-0.25, -0.2) is 0 Å². The zero-order valence-corrected chi connectivity index (χ0v) is 14.2. The van der Waals surface area contributed by atoms with Crippen LogP contribution < -0.4 is 18.9 Å². The molecule has 0 amide bonds. The van der Waals surface area contributed by atoms with Crippen LogP contribution in [0.15, 0.2) is 30.3 Å². The highest BCUT2D eigenvalue weighted by molar-refractivity contribution is 5.54. The summed E-state index contributed by atoms with van der Waals surface area (Å²) < 4.78 is 21.0. The van der Waals surface area contributed by atoms with Crippen molar-refractivity contribution in [3.8, 4) is 28.7 Å². The summed E-state index contributed by atoms with van der Waals surface area (Å²) in [5, 5.41) is 20.1. The number of aliphatic hydroxyl groups is 1. The van der Waals surface area contributed by atoms with Gasteiger partial charge in [0.15, 0.2) is 23.0 Å². The van der Waals surface area contributed by atoms with Gasteiger partial charge >= 0.3 is 0 Å². The molecular weight excluding hydrogens is 312 g/mol. The van der Waals surface area contributed by atoms with Crippen molar-refractivity contribution in [2.75, 3.05) is 28.4 Å². The van der Waals surface area contributed by atoms with Crippen molar-refractivity contribution in [2.24, 2.45) is 0 Å². The SMILES string of the molecule is COc1cc(C(O)Cc2cc(OC)c(OC)c(OC)c2)ccc1O. The first kappa shape index (κ1) is 17.7. The van der Waals surface area contributed by atoms with Crippen LogP contribution in [0.4, 0.5) is 0 Å². The number of methoxy groups -OCH3 is 4. The molecule has 0 saturated heterocycles. The largest absolute Gasteiger partial charge is 0.504 e. The molecule has 0 bridgehead atoms. The van der Waals surface area contributed by atoms with Crippen molar-refractivity contribution in [1.29, 1.82) is 0 Å². The zero-order chi connectivity index (χ0) is 17.7. The standard InChI is InChI=1S/C18H22O6/c1-21-15-10-12(5-6-13(15)19)14(20)7-11-8-16(22-2)18(24-4)17(9-11)23-3/h5-6,8-10,14,19-20H,7H2,1-4H3. The Hall–Kier alpha value is -2.60. The monoisotopic (exact) mass is 334 g/mol. The second kappa shape index (κ2) is 7.79. The Kier molecular flexibility index (Phi) is 5.76. The molecule has 0 spiro atoms. The lowest BCUT2D eigenvalue weighted by atomic mass is 10.0. The molecule has 24 heavy (non-hydrogen) atoms. The Morgan fingerprint density at radius 1 is 0.833 bits per heavy atom. The molecule has 0 aliphatic carbocycles. The molecule has 1 unspecified atom stereocenters. The molecule has 2 rings (SSSR count). The lowest BCUT2D eigenvalue weighted by Gasteiger charge is -2.17. The summed E-state index contributed by atoms with van der Waals surface area (Å²) in [7, 11) is 6.09. The fourth-order valence-electron chi connectivity index (χ4n) is 2.50. The Bertz CT molecular complexity index is 673. The van der Waals surface area contributed by atoms with Crippen LogP contribution in [0.5, 0.6) is 28.7 Å². The van der Waals surface area contributed by atoms with E-state index in [1.54, 1.807) is 38.5 Å². The summed E-state index contributed by atoms with van der Waals surface area (Å²) in [6.45, 7) is 0. The zero-order valence-electron chi connectivity index (χ0n) is 14.2. The number of benzene rings is 2. The third-order valence-corrected chi connectivity index (χ3v) is 3.74. The number of hydrogen-bond donors (Lipinski definition) is 2. The van der Waals surface area contributed by atoms with E-state index in [0.29, 0.717) is 35.0 Å². The average molecular weight is 334 g/mol. The van der Waals surface area contributed by atoms with Crippen LogP contribution in [0.1, 0.15) is 17.2 Å². The summed E-state index contributed by atoms with van der Waals surface area (Å²) in [5.74, 6) is 1.91. The maximum atomic E-state index is 10.5. The van der Waals surface area contributed by atoms with Gasteiger partial charge in [-0.2, -0.15) is 0 Å². The molecule has 0 heterocycles. The van der Waals surface area contributed by atoms with E-state index in [4.69, 9.17) is 18.9 Å². The average Bonchev–Trinajstić information content (AvgIpc) is 2.60. The molecule has 1 atom stereocenters. The van der Waals surface area contributed by atoms with Gasteiger partial charge in [-0.15, -0.1) is 0 Å². The van der Waals surface area contributed by atoms with Gasteiger partial charge in [0.2, 0.25) is 5.75 Å². The summed E-state index contributed by atoms with van der Waals surface area (Å²) >= 11 is 0. The van der Waals surface area contributed by atoms with Gasteiger partial charge in [-0.05, 0) is 35.4 Å². The number of phenolic OH excluding ortho intramolecular Hbond substituents is 1. The number of aromatic hydroxyl groups is 1. The van der Waals surface area contributed by atoms with Crippen LogP contribution in [0.25, 0.3) is 0 Å². The summed E-state index contributed by atoms with van der Waals surface area (Å²) in [5.41, 5.74) is 1.46. The van der Waals surface area contributed by atoms with Gasteiger partial charge < -0.3 is 29.2 Å². The maximum absolute atomic E-state index is 10.5. The van der Waals surface area contributed by atoms with E-state index in [1.165, 1.54) is 20.3 Å². The predicted octanol–water partition coefficient (Wildman–Crippen LogP) is 2.70. The van der Waals surface area contributed by atoms with E-state index in [-0.39, 0.29) is 5.75 Å². The molecule has 0 aliphatic heterocycles. The minimum atomic E-state index is -0.776. The van der Waals surface area contributed by atoms with E-state index in [0.717, 1.165) is 5.56 Å². The van der Waals surface area contributed by atoms with Crippen LogP contribution >= 0.6 is 0 Å². The third-order valence-electron chi connectivity index (χ3n) is 3.74. The number of ether oxygens (including phenoxy) is 4. The molecule has 2 aromatic carbocycles. The van der Waals surface area contributed by atoms with Crippen LogP contribution in [-0.4, -0.2) is 38.7 Å². The molecule has 6 heteroatoms. The van der Waals surface area contributed by atoms with E-state index < -0.39 is 6.10 Å². The van der Waals surface area contributed by atoms with Crippen molar-refractivity contribution in [1.82, 2.24) is 0 Å². The Morgan fingerprint density at radius 2 is 1.42 bits per heavy atom. The fourth-order valence-corrected chi connectivity index (χ4v) is 2.50. The third kappa shape index (κ3) is 3.65. The Labute approximate surface area is 141 Å². The summed E-state index contributed by atoms with van der Waals surface area (Å²) in [4.78, 5) is 0. The first-order valence-electron chi connectivity index (χ1n) is 7.37. The lowest BCUT2D eigenvalue weighted by Crippen LogP contribution is -2.04. The second-order valence-corrected chi connectivity index (χ2v) is 5.18. The molecule has 0 saturated carbocycles. The maximum Gasteiger partial charge on any atom is 0.203 e. The second-order valence-electron chi connectivity index (χ2n) is 5.18. The Morgan fingerprint density at radius 3 is 1.92 bits per heavy atom. The minimum Gasteiger partial charge on any atom is -0.504 e. The number of rotatable bonds is 7. The summed E-state index contributed by atoms with van der Waals surface area (Å²) in [6.07, 6.45) is -0.438. The van der Waals surface area contributed by atoms with Gasteiger partial charge in [-0.3, -0.25) is 0 Å². The van der Waals surface area contributed by atoms with Crippen molar-refractivity contribution in [3.05, 3.63) is 41.5 Å². The van der Waals surface area contributed by atoms with Crippen molar-refractivity contribution < 1.29 is 29.2 Å². The van der Waals surface area contributed by atoms with Gasteiger partial charge in [0.05, 0.1) is 34.5 Å². The number of phenols is 1. The van der Waals surface area contributed by atoms with Gasteiger partial charge in [0.25, 0.3) is 0 Å². The van der Waals surface area contributed by atoms with Crippen LogP contribution in [0, 0.1) is 0 Å². The molecule has 0 radical (unpaired) electrons.